The standard InChI is InChI=1S/C15H16FN3O2S/c1-17-22(20,21)12-5-6-15(18-9-12)19-14-8-13(14)10-3-2-4-11(16)7-10/h2-7,9,13-14,17H,8H2,1H3,(H,18,19)/t13-,14+/m0/s1. The summed E-state index contributed by atoms with van der Waals surface area (Å²) in [5.74, 6) is 0.639. The lowest BCUT2D eigenvalue weighted by molar-refractivity contribution is 0.588. The molecule has 22 heavy (non-hydrogen) atoms. The van der Waals surface area contributed by atoms with E-state index < -0.39 is 10.0 Å². The Hall–Kier alpha value is -1.99. The molecule has 0 unspecified atom stereocenters. The molecule has 1 aromatic heterocycles. The second-order valence-electron chi connectivity index (χ2n) is 5.23. The molecule has 1 heterocycles. The quantitative estimate of drug-likeness (QED) is 0.885. The van der Waals surface area contributed by atoms with Crippen molar-refractivity contribution in [1.29, 1.82) is 0 Å². The Morgan fingerprint density at radius 3 is 2.73 bits per heavy atom. The third kappa shape index (κ3) is 3.10. The number of rotatable bonds is 5. The Bertz CT molecular complexity index is 778. The van der Waals surface area contributed by atoms with Crippen molar-refractivity contribution < 1.29 is 12.8 Å². The Morgan fingerprint density at radius 1 is 1.27 bits per heavy atom. The van der Waals surface area contributed by atoms with Gasteiger partial charge in [-0.05, 0) is 43.3 Å². The van der Waals surface area contributed by atoms with Crippen LogP contribution in [0.15, 0.2) is 47.5 Å². The van der Waals surface area contributed by atoms with Crippen LogP contribution in [0.1, 0.15) is 17.9 Å². The number of nitrogens with zero attached hydrogens (tertiary/aromatic N) is 1. The van der Waals surface area contributed by atoms with Crippen LogP contribution in [-0.4, -0.2) is 26.5 Å². The molecule has 2 aromatic rings. The van der Waals surface area contributed by atoms with Gasteiger partial charge in [-0.1, -0.05) is 12.1 Å². The van der Waals surface area contributed by atoms with Gasteiger partial charge in [0.2, 0.25) is 10.0 Å². The van der Waals surface area contributed by atoms with Crippen LogP contribution < -0.4 is 10.0 Å². The number of benzene rings is 1. The molecule has 0 aliphatic heterocycles. The van der Waals surface area contributed by atoms with Crippen LogP contribution in [0.2, 0.25) is 0 Å². The van der Waals surface area contributed by atoms with Gasteiger partial charge in [0, 0.05) is 18.2 Å². The van der Waals surface area contributed by atoms with Crippen LogP contribution in [0, 0.1) is 5.82 Å². The molecule has 1 aliphatic rings. The summed E-state index contributed by atoms with van der Waals surface area (Å²) < 4.78 is 38.7. The first-order chi connectivity index (χ1) is 10.5. The third-order valence-electron chi connectivity index (χ3n) is 3.72. The fourth-order valence-corrected chi connectivity index (χ4v) is 3.07. The smallest absolute Gasteiger partial charge is 0.241 e. The lowest BCUT2D eigenvalue weighted by Crippen LogP contribution is -2.18. The van der Waals surface area contributed by atoms with Gasteiger partial charge in [0.25, 0.3) is 0 Å². The van der Waals surface area contributed by atoms with E-state index in [1.165, 1.54) is 25.4 Å². The van der Waals surface area contributed by atoms with Gasteiger partial charge in [0.15, 0.2) is 0 Å². The molecule has 1 saturated carbocycles. The predicted molar refractivity (Wildman–Crippen MR) is 81.7 cm³/mol. The summed E-state index contributed by atoms with van der Waals surface area (Å²) >= 11 is 0. The van der Waals surface area contributed by atoms with E-state index in [2.05, 4.69) is 15.0 Å². The van der Waals surface area contributed by atoms with Crippen molar-refractivity contribution in [3.8, 4) is 0 Å². The van der Waals surface area contributed by atoms with Crippen LogP contribution >= 0.6 is 0 Å². The SMILES string of the molecule is CNS(=O)(=O)c1ccc(N[C@@H]2C[C@H]2c2cccc(F)c2)nc1. The van der Waals surface area contributed by atoms with Gasteiger partial charge in [-0.25, -0.2) is 22.5 Å². The third-order valence-corrected chi connectivity index (χ3v) is 5.12. The van der Waals surface area contributed by atoms with Crippen molar-refractivity contribution >= 4 is 15.8 Å². The molecule has 3 rings (SSSR count). The summed E-state index contributed by atoms with van der Waals surface area (Å²) in [6.07, 6.45) is 2.22. The predicted octanol–water partition coefficient (Wildman–Crippen LogP) is 2.10. The van der Waals surface area contributed by atoms with Gasteiger partial charge in [0.1, 0.15) is 16.5 Å². The first-order valence-corrected chi connectivity index (χ1v) is 8.39. The van der Waals surface area contributed by atoms with Crippen molar-refractivity contribution in [1.82, 2.24) is 9.71 Å². The second-order valence-corrected chi connectivity index (χ2v) is 7.12. The monoisotopic (exact) mass is 321 g/mol. The highest BCUT2D eigenvalue weighted by atomic mass is 32.2. The summed E-state index contributed by atoms with van der Waals surface area (Å²) in [7, 11) is -2.11. The lowest BCUT2D eigenvalue weighted by Gasteiger charge is -2.07. The molecule has 0 spiro atoms. The second kappa shape index (κ2) is 5.66. The molecule has 0 amide bonds. The zero-order chi connectivity index (χ0) is 15.7. The van der Waals surface area contributed by atoms with E-state index in [1.807, 2.05) is 6.07 Å². The fourth-order valence-electron chi connectivity index (χ4n) is 2.39. The highest BCUT2D eigenvalue weighted by molar-refractivity contribution is 7.89. The van der Waals surface area contributed by atoms with Crippen LogP contribution in [0.5, 0.6) is 0 Å². The highest BCUT2D eigenvalue weighted by Gasteiger charge is 2.38. The summed E-state index contributed by atoms with van der Waals surface area (Å²) in [5.41, 5.74) is 0.965. The first-order valence-electron chi connectivity index (χ1n) is 6.91. The summed E-state index contributed by atoms with van der Waals surface area (Å²) in [5, 5.41) is 3.23. The molecule has 1 aliphatic carbocycles. The van der Waals surface area contributed by atoms with E-state index in [9.17, 15) is 12.8 Å². The molecule has 0 bridgehead atoms. The number of hydrogen-bond acceptors (Lipinski definition) is 4. The maximum atomic E-state index is 13.2. The Labute approximate surface area is 128 Å². The van der Waals surface area contributed by atoms with Crippen LogP contribution in [0.4, 0.5) is 10.2 Å². The maximum absolute atomic E-state index is 13.2. The fraction of sp³-hybridized carbons (Fsp3) is 0.267. The van der Waals surface area contributed by atoms with Gasteiger partial charge in [-0.3, -0.25) is 0 Å². The molecule has 1 fully saturated rings. The molecule has 1 aromatic carbocycles. The Kier molecular flexibility index (Phi) is 3.84. The summed E-state index contributed by atoms with van der Waals surface area (Å²) in [6, 6.07) is 9.91. The average Bonchev–Trinajstić information content (AvgIpc) is 3.27. The Morgan fingerprint density at radius 2 is 2.09 bits per heavy atom. The Balaban J connectivity index is 1.66. The molecule has 0 saturated heterocycles. The minimum absolute atomic E-state index is 0.123. The van der Waals surface area contributed by atoms with Gasteiger partial charge < -0.3 is 5.32 Å². The van der Waals surface area contributed by atoms with Gasteiger partial charge >= 0.3 is 0 Å². The van der Waals surface area contributed by atoms with E-state index in [-0.39, 0.29) is 22.7 Å². The van der Waals surface area contributed by atoms with Crippen LogP contribution in [0.25, 0.3) is 0 Å². The van der Waals surface area contributed by atoms with E-state index in [1.54, 1.807) is 18.2 Å². The van der Waals surface area contributed by atoms with E-state index in [0.29, 0.717) is 5.82 Å². The number of halogens is 1. The molecular weight excluding hydrogens is 305 g/mol. The van der Waals surface area contributed by atoms with Crippen molar-refractivity contribution in [2.24, 2.45) is 0 Å². The topological polar surface area (TPSA) is 71.1 Å². The molecule has 0 radical (unpaired) electrons. The van der Waals surface area contributed by atoms with Crippen molar-refractivity contribution in [2.75, 3.05) is 12.4 Å². The summed E-state index contributed by atoms with van der Waals surface area (Å²) in [4.78, 5) is 4.24. The number of anilines is 1. The average molecular weight is 321 g/mol. The molecule has 116 valence electrons. The van der Waals surface area contributed by atoms with Crippen LogP contribution in [0.3, 0.4) is 0 Å². The van der Waals surface area contributed by atoms with Gasteiger partial charge in [0.05, 0.1) is 0 Å². The number of nitrogens with one attached hydrogen (secondary N) is 2. The van der Waals surface area contributed by atoms with Crippen LogP contribution in [-0.2, 0) is 10.0 Å². The van der Waals surface area contributed by atoms with Gasteiger partial charge in [-0.15, -0.1) is 0 Å². The minimum Gasteiger partial charge on any atom is -0.367 e. The zero-order valence-electron chi connectivity index (χ0n) is 12.0. The largest absolute Gasteiger partial charge is 0.367 e. The van der Waals surface area contributed by atoms with Crippen molar-refractivity contribution in [3.05, 3.63) is 54.0 Å². The zero-order valence-corrected chi connectivity index (χ0v) is 12.8. The molecule has 2 N–H and O–H groups in total. The summed E-state index contributed by atoms with van der Waals surface area (Å²) in [6.45, 7) is 0. The lowest BCUT2D eigenvalue weighted by atomic mass is 10.1. The normalized spacial score (nSPS) is 20.6. The molecule has 2 atom stereocenters. The minimum atomic E-state index is -3.47. The van der Waals surface area contributed by atoms with Gasteiger partial charge in [-0.2, -0.15) is 0 Å². The van der Waals surface area contributed by atoms with E-state index in [4.69, 9.17) is 0 Å². The van der Waals surface area contributed by atoms with E-state index >= 15 is 0 Å². The molecule has 7 heteroatoms. The number of hydrogen-bond donors (Lipinski definition) is 2. The maximum Gasteiger partial charge on any atom is 0.241 e. The van der Waals surface area contributed by atoms with Crippen molar-refractivity contribution in [2.45, 2.75) is 23.3 Å². The molecular formula is C15H16FN3O2S. The van der Waals surface area contributed by atoms with Crippen molar-refractivity contribution in [3.63, 3.8) is 0 Å². The first kappa shape index (κ1) is 14.9. The van der Waals surface area contributed by atoms with E-state index in [0.717, 1.165) is 12.0 Å². The number of sulfonamides is 1. The highest BCUT2D eigenvalue weighted by Crippen LogP contribution is 2.42. The number of aromatic nitrogens is 1. The number of pyridine rings is 1. The molecule has 5 nitrogen and oxygen atoms in total.